The molecule has 0 spiro atoms. The van der Waals surface area contributed by atoms with Crippen molar-refractivity contribution in [1.82, 2.24) is 24.3 Å². The fraction of sp³-hybridized carbons (Fsp3) is 0.231. The van der Waals surface area contributed by atoms with Crippen molar-refractivity contribution in [2.24, 2.45) is 14.1 Å². The van der Waals surface area contributed by atoms with Crippen molar-refractivity contribution in [3.8, 4) is 11.1 Å². The number of amides is 1. The van der Waals surface area contributed by atoms with Crippen LogP contribution in [0.4, 0.5) is 0 Å². The number of benzene rings is 2. The van der Waals surface area contributed by atoms with Crippen molar-refractivity contribution in [3.63, 3.8) is 0 Å². The van der Waals surface area contributed by atoms with Gasteiger partial charge in [0.1, 0.15) is 5.65 Å². The Labute approximate surface area is 197 Å². The normalized spacial score (nSPS) is 11.2. The molecule has 0 unspecified atom stereocenters. The van der Waals surface area contributed by atoms with E-state index < -0.39 is 11.2 Å². The summed E-state index contributed by atoms with van der Waals surface area (Å²) >= 11 is 0. The van der Waals surface area contributed by atoms with Crippen LogP contribution in [0.15, 0.2) is 70.4 Å². The average molecular weight is 458 g/mol. The van der Waals surface area contributed by atoms with Gasteiger partial charge in [0.25, 0.3) is 11.5 Å². The lowest BCUT2D eigenvalue weighted by molar-refractivity contribution is 0.0950. The minimum Gasteiger partial charge on any atom is -0.348 e. The van der Waals surface area contributed by atoms with E-state index in [1.54, 1.807) is 7.05 Å². The van der Waals surface area contributed by atoms with Crippen molar-refractivity contribution in [2.45, 2.75) is 13.1 Å². The van der Waals surface area contributed by atoms with Crippen molar-refractivity contribution >= 4 is 16.9 Å². The van der Waals surface area contributed by atoms with E-state index in [0.717, 1.165) is 27.8 Å². The molecule has 2 aromatic carbocycles. The molecule has 0 bridgehead atoms. The summed E-state index contributed by atoms with van der Waals surface area (Å²) in [5, 5.41) is 3.14. The maximum atomic E-state index is 12.9. The van der Waals surface area contributed by atoms with Crippen LogP contribution < -0.4 is 16.6 Å². The Hall–Kier alpha value is -4.04. The molecule has 34 heavy (non-hydrogen) atoms. The van der Waals surface area contributed by atoms with Gasteiger partial charge in [0.15, 0.2) is 0 Å². The summed E-state index contributed by atoms with van der Waals surface area (Å²) < 4.78 is 2.30. The van der Waals surface area contributed by atoms with Crippen molar-refractivity contribution in [2.75, 3.05) is 14.1 Å². The van der Waals surface area contributed by atoms with Crippen molar-refractivity contribution < 1.29 is 4.79 Å². The van der Waals surface area contributed by atoms with Crippen LogP contribution in [0.25, 0.3) is 22.2 Å². The van der Waals surface area contributed by atoms with E-state index in [-0.39, 0.29) is 22.5 Å². The summed E-state index contributed by atoms with van der Waals surface area (Å²) in [7, 11) is 7.02. The summed E-state index contributed by atoms with van der Waals surface area (Å²) in [6.07, 6.45) is 1.38. The van der Waals surface area contributed by atoms with Gasteiger partial charge in [-0.3, -0.25) is 18.7 Å². The monoisotopic (exact) mass is 457 g/mol. The van der Waals surface area contributed by atoms with Gasteiger partial charge in [-0.25, -0.2) is 9.78 Å². The van der Waals surface area contributed by atoms with Gasteiger partial charge in [-0.15, -0.1) is 0 Å². The Morgan fingerprint density at radius 2 is 1.71 bits per heavy atom. The third kappa shape index (κ3) is 4.53. The molecule has 4 rings (SSSR count). The number of hydrogen-bond acceptors (Lipinski definition) is 5. The Bertz CT molecular complexity index is 1480. The lowest BCUT2D eigenvalue weighted by Crippen LogP contribution is -2.37. The minimum absolute atomic E-state index is 0.218. The van der Waals surface area contributed by atoms with E-state index in [0.29, 0.717) is 6.54 Å². The highest BCUT2D eigenvalue weighted by atomic mass is 16.2. The summed E-state index contributed by atoms with van der Waals surface area (Å²) in [6.45, 7) is 1.19. The molecule has 8 nitrogen and oxygen atoms in total. The largest absolute Gasteiger partial charge is 0.348 e. The zero-order chi connectivity index (χ0) is 24.4. The van der Waals surface area contributed by atoms with E-state index in [4.69, 9.17) is 0 Å². The van der Waals surface area contributed by atoms with E-state index in [1.165, 1.54) is 29.4 Å². The van der Waals surface area contributed by atoms with Crippen LogP contribution in [0.3, 0.4) is 0 Å². The van der Waals surface area contributed by atoms with Crippen LogP contribution in [-0.4, -0.2) is 39.0 Å². The van der Waals surface area contributed by atoms with E-state index in [2.05, 4.69) is 39.5 Å². The first-order chi connectivity index (χ1) is 16.3. The van der Waals surface area contributed by atoms with Gasteiger partial charge < -0.3 is 10.2 Å². The van der Waals surface area contributed by atoms with Crippen LogP contribution in [0.5, 0.6) is 0 Å². The quantitative estimate of drug-likeness (QED) is 0.480. The second-order valence-corrected chi connectivity index (χ2v) is 8.58. The third-order valence-electron chi connectivity index (χ3n) is 5.78. The van der Waals surface area contributed by atoms with Crippen LogP contribution in [0.2, 0.25) is 0 Å². The lowest BCUT2D eigenvalue weighted by Gasteiger charge is -2.13. The second kappa shape index (κ2) is 9.44. The van der Waals surface area contributed by atoms with Crippen molar-refractivity contribution in [1.29, 1.82) is 0 Å². The van der Waals surface area contributed by atoms with E-state index in [1.807, 2.05) is 38.4 Å². The molecular weight excluding hydrogens is 430 g/mol. The molecule has 4 aromatic rings. The molecule has 0 atom stereocenters. The third-order valence-corrected chi connectivity index (χ3v) is 5.78. The van der Waals surface area contributed by atoms with Gasteiger partial charge in [0, 0.05) is 33.4 Å². The summed E-state index contributed by atoms with van der Waals surface area (Å²) in [5.74, 6) is -0.346. The number of aromatic nitrogens is 3. The first-order valence-corrected chi connectivity index (χ1v) is 10.9. The summed E-state index contributed by atoms with van der Waals surface area (Å²) in [6, 6.07) is 17.8. The van der Waals surface area contributed by atoms with E-state index >= 15 is 0 Å². The highest BCUT2D eigenvalue weighted by Crippen LogP contribution is 2.24. The van der Waals surface area contributed by atoms with E-state index in [9.17, 15) is 14.4 Å². The topological polar surface area (TPSA) is 89.2 Å². The van der Waals surface area contributed by atoms with Gasteiger partial charge in [0.2, 0.25) is 0 Å². The Balaban J connectivity index is 1.57. The number of nitrogens with zero attached hydrogens (tertiary/aromatic N) is 4. The number of carbonyl (C=O) groups is 1. The van der Waals surface area contributed by atoms with Gasteiger partial charge in [0.05, 0.1) is 10.9 Å². The number of carbonyl (C=O) groups excluding carboxylic acids is 1. The maximum Gasteiger partial charge on any atom is 0.332 e. The maximum absolute atomic E-state index is 12.9. The number of rotatable bonds is 6. The first-order valence-electron chi connectivity index (χ1n) is 10.9. The van der Waals surface area contributed by atoms with Crippen molar-refractivity contribution in [3.05, 3.63) is 98.3 Å². The minimum atomic E-state index is -0.483. The highest BCUT2D eigenvalue weighted by molar-refractivity contribution is 5.96. The molecule has 2 heterocycles. The standard InChI is InChI=1S/C26H27N5O3/c1-29(2)16-17-9-11-18(12-10-17)21-8-6-5-7-19(21)14-28-24(32)20-13-22-23(27-15-20)30(3)26(34)31(4)25(22)33/h5-13,15H,14,16H2,1-4H3,(H,28,32). The predicted octanol–water partition coefficient (Wildman–Crippen LogP) is 2.29. The van der Waals surface area contributed by atoms with Crippen LogP contribution in [-0.2, 0) is 27.2 Å². The number of fused-ring (bicyclic) bond motifs is 1. The lowest BCUT2D eigenvalue weighted by atomic mass is 9.98. The van der Waals surface area contributed by atoms with Gasteiger partial charge in [-0.05, 0) is 42.4 Å². The van der Waals surface area contributed by atoms with Gasteiger partial charge >= 0.3 is 5.69 Å². The summed E-state index contributed by atoms with van der Waals surface area (Å²) in [4.78, 5) is 43.8. The molecular formula is C26H27N5O3. The molecule has 0 saturated carbocycles. The number of pyridine rings is 1. The van der Waals surface area contributed by atoms with Crippen LogP contribution in [0.1, 0.15) is 21.5 Å². The highest BCUT2D eigenvalue weighted by Gasteiger charge is 2.14. The smallest absolute Gasteiger partial charge is 0.332 e. The first kappa shape index (κ1) is 23.1. The molecule has 0 aliphatic heterocycles. The fourth-order valence-electron chi connectivity index (χ4n) is 3.98. The summed E-state index contributed by atoms with van der Waals surface area (Å²) in [5.41, 5.74) is 3.87. The molecule has 174 valence electrons. The molecule has 0 fully saturated rings. The molecule has 1 amide bonds. The fourth-order valence-corrected chi connectivity index (χ4v) is 3.98. The second-order valence-electron chi connectivity index (χ2n) is 8.58. The molecule has 0 aliphatic carbocycles. The molecule has 2 aromatic heterocycles. The molecule has 8 heteroatoms. The SMILES string of the molecule is CN(C)Cc1ccc(-c2ccccc2CNC(=O)c2cnc3c(c2)c(=O)n(C)c(=O)n3C)cc1. The Morgan fingerprint density at radius 1 is 1.00 bits per heavy atom. The zero-order valence-corrected chi connectivity index (χ0v) is 19.7. The Morgan fingerprint density at radius 3 is 2.41 bits per heavy atom. The molecule has 0 saturated heterocycles. The molecule has 0 radical (unpaired) electrons. The number of aryl methyl sites for hydroxylation is 1. The van der Waals surface area contributed by atoms with Gasteiger partial charge in [-0.1, -0.05) is 48.5 Å². The zero-order valence-electron chi connectivity index (χ0n) is 19.7. The van der Waals surface area contributed by atoms with Crippen LogP contribution in [0, 0.1) is 0 Å². The van der Waals surface area contributed by atoms with Gasteiger partial charge in [-0.2, -0.15) is 0 Å². The molecule has 1 N–H and O–H groups in total. The average Bonchev–Trinajstić information content (AvgIpc) is 2.84. The number of nitrogens with one attached hydrogen (secondary N) is 1. The van der Waals surface area contributed by atoms with Crippen LogP contribution >= 0.6 is 0 Å². The Kier molecular flexibility index (Phi) is 6.43. The molecule has 0 aliphatic rings. The number of hydrogen-bond donors (Lipinski definition) is 1. The predicted molar refractivity (Wildman–Crippen MR) is 133 cm³/mol.